The lowest BCUT2D eigenvalue weighted by molar-refractivity contribution is 0.0507. The number of likely N-dealkylation sites (tertiary alicyclic amines) is 1. The maximum atomic E-state index is 12.1. The molecule has 1 aromatic carbocycles. The molecule has 0 bridgehead atoms. The third-order valence-electron chi connectivity index (χ3n) is 4.95. The summed E-state index contributed by atoms with van der Waals surface area (Å²) < 4.78 is 7.30. The molecular formula is C23H34N6O2. The van der Waals surface area contributed by atoms with Crippen molar-refractivity contribution in [3.8, 4) is 0 Å². The van der Waals surface area contributed by atoms with Gasteiger partial charge in [-0.25, -0.2) is 9.79 Å². The lowest BCUT2D eigenvalue weighted by atomic mass is 10.1. The SMILES string of the molecule is CCNC(=NCc1ccccc1Cn1cccn1)N1CCC(NC(=O)OC(C)(C)C)C1. The molecule has 8 heteroatoms. The van der Waals surface area contributed by atoms with E-state index in [9.17, 15) is 4.79 Å². The van der Waals surface area contributed by atoms with E-state index in [1.807, 2.05) is 49.8 Å². The first-order valence-corrected chi connectivity index (χ1v) is 10.9. The molecule has 1 saturated heterocycles. The van der Waals surface area contributed by atoms with Crippen LogP contribution in [0, 0.1) is 0 Å². The van der Waals surface area contributed by atoms with Gasteiger partial charge in [-0.3, -0.25) is 4.68 Å². The van der Waals surface area contributed by atoms with Crippen molar-refractivity contribution >= 4 is 12.1 Å². The van der Waals surface area contributed by atoms with Gasteiger partial charge in [0.2, 0.25) is 0 Å². The van der Waals surface area contributed by atoms with Crippen LogP contribution in [-0.4, -0.2) is 58.0 Å². The Labute approximate surface area is 184 Å². The average Bonchev–Trinajstić information content (AvgIpc) is 3.37. The maximum absolute atomic E-state index is 12.1. The summed E-state index contributed by atoms with van der Waals surface area (Å²) in [5, 5.41) is 10.7. The third kappa shape index (κ3) is 7.01. The normalized spacial score (nSPS) is 17.0. The van der Waals surface area contributed by atoms with Crippen LogP contribution in [0.15, 0.2) is 47.7 Å². The number of aliphatic imine (C=N–C) groups is 1. The van der Waals surface area contributed by atoms with Gasteiger partial charge in [-0.15, -0.1) is 0 Å². The Kier molecular flexibility index (Phi) is 7.55. The van der Waals surface area contributed by atoms with E-state index in [4.69, 9.17) is 9.73 Å². The molecule has 2 aromatic rings. The van der Waals surface area contributed by atoms with E-state index in [2.05, 4.69) is 39.7 Å². The number of carbonyl (C=O) groups excluding carboxylic acids is 1. The predicted molar refractivity (Wildman–Crippen MR) is 122 cm³/mol. The molecule has 0 saturated carbocycles. The third-order valence-corrected chi connectivity index (χ3v) is 4.95. The summed E-state index contributed by atoms with van der Waals surface area (Å²) in [4.78, 5) is 19.2. The molecule has 1 amide bonds. The molecule has 0 aliphatic carbocycles. The van der Waals surface area contributed by atoms with Gasteiger partial charge in [0, 0.05) is 32.0 Å². The smallest absolute Gasteiger partial charge is 0.407 e. The van der Waals surface area contributed by atoms with Gasteiger partial charge >= 0.3 is 6.09 Å². The minimum absolute atomic E-state index is 0.0470. The summed E-state index contributed by atoms with van der Waals surface area (Å²) in [6.07, 6.45) is 4.25. The Morgan fingerprint density at radius 3 is 2.71 bits per heavy atom. The van der Waals surface area contributed by atoms with Crippen molar-refractivity contribution in [2.24, 2.45) is 4.99 Å². The molecule has 168 valence electrons. The Morgan fingerprint density at radius 1 is 1.26 bits per heavy atom. The second-order valence-electron chi connectivity index (χ2n) is 8.72. The van der Waals surface area contributed by atoms with Gasteiger partial charge in [0.25, 0.3) is 0 Å². The fourth-order valence-corrected chi connectivity index (χ4v) is 3.57. The minimum Gasteiger partial charge on any atom is -0.444 e. The topological polar surface area (TPSA) is 83.8 Å². The van der Waals surface area contributed by atoms with Crippen LogP contribution in [-0.2, 0) is 17.8 Å². The largest absolute Gasteiger partial charge is 0.444 e. The van der Waals surface area contributed by atoms with Crippen LogP contribution < -0.4 is 10.6 Å². The summed E-state index contributed by atoms with van der Waals surface area (Å²) in [7, 11) is 0. The molecule has 3 rings (SSSR count). The molecule has 1 aliphatic heterocycles. The average molecular weight is 427 g/mol. The van der Waals surface area contributed by atoms with Crippen molar-refractivity contribution < 1.29 is 9.53 Å². The number of nitrogens with zero attached hydrogens (tertiary/aromatic N) is 4. The Bertz CT molecular complexity index is 872. The van der Waals surface area contributed by atoms with E-state index in [1.165, 1.54) is 11.1 Å². The van der Waals surface area contributed by atoms with Gasteiger partial charge in [0.15, 0.2) is 5.96 Å². The second kappa shape index (κ2) is 10.3. The maximum Gasteiger partial charge on any atom is 0.407 e. The van der Waals surface area contributed by atoms with Gasteiger partial charge in [-0.05, 0) is 51.3 Å². The predicted octanol–water partition coefficient (Wildman–Crippen LogP) is 3.00. The van der Waals surface area contributed by atoms with Gasteiger partial charge in [-0.2, -0.15) is 5.10 Å². The monoisotopic (exact) mass is 426 g/mol. The number of carbonyl (C=O) groups is 1. The number of hydrogen-bond donors (Lipinski definition) is 2. The highest BCUT2D eigenvalue weighted by atomic mass is 16.6. The molecular weight excluding hydrogens is 392 g/mol. The highest BCUT2D eigenvalue weighted by molar-refractivity contribution is 5.80. The first-order chi connectivity index (χ1) is 14.8. The van der Waals surface area contributed by atoms with Gasteiger partial charge < -0.3 is 20.3 Å². The quantitative estimate of drug-likeness (QED) is 0.548. The van der Waals surface area contributed by atoms with Crippen LogP contribution in [0.4, 0.5) is 4.79 Å². The zero-order valence-corrected chi connectivity index (χ0v) is 19.0. The van der Waals surface area contributed by atoms with Crippen LogP contribution in [0.2, 0.25) is 0 Å². The van der Waals surface area contributed by atoms with Crippen LogP contribution >= 0.6 is 0 Å². The molecule has 1 unspecified atom stereocenters. The van der Waals surface area contributed by atoms with Crippen LogP contribution in [0.3, 0.4) is 0 Å². The van der Waals surface area contributed by atoms with Crippen molar-refractivity contribution in [3.05, 3.63) is 53.9 Å². The van der Waals surface area contributed by atoms with Crippen LogP contribution in [0.25, 0.3) is 0 Å². The molecule has 31 heavy (non-hydrogen) atoms. The molecule has 1 fully saturated rings. The summed E-state index contributed by atoms with van der Waals surface area (Å²) in [6, 6.07) is 10.3. The summed E-state index contributed by atoms with van der Waals surface area (Å²) in [5.74, 6) is 0.866. The highest BCUT2D eigenvalue weighted by Gasteiger charge is 2.27. The van der Waals surface area contributed by atoms with E-state index in [0.29, 0.717) is 13.1 Å². The molecule has 2 N–H and O–H groups in total. The molecule has 1 atom stereocenters. The summed E-state index contributed by atoms with van der Waals surface area (Å²) in [6.45, 7) is 11.3. The second-order valence-corrected chi connectivity index (χ2v) is 8.72. The van der Waals surface area contributed by atoms with Crippen LogP contribution in [0.1, 0.15) is 45.2 Å². The number of alkyl carbamates (subject to hydrolysis) is 1. The number of rotatable bonds is 6. The number of amides is 1. The molecule has 0 spiro atoms. The van der Waals surface area contributed by atoms with E-state index in [1.54, 1.807) is 6.20 Å². The van der Waals surface area contributed by atoms with Crippen molar-refractivity contribution in [1.82, 2.24) is 25.3 Å². The van der Waals surface area contributed by atoms with Crippen molar-refractivity contribution in [3.63, 3.8) is 0 Å². The highest BCUT2D eigenvalue weighted by Crippen LogP contribution is 2.15. The number of ether oxygens (including phenoxy) is 1. The number of aromatic nitrogens is 2. The Morgan fingerprint density at radius 2 is 2.03 bits per heavy atom. The van der Waals surface area contributed by atoms with Crippen molar-refractivity contribution in [2.75, 3.05) is 19.6 Å². The van der Waals surface area contributed by atoms with E-state index in [-0.39, 0.29) is 12.1 Å². The number of guanidine groups is 1. The van der Waals surface area contributed by atoms with Crippen LogP contribution in [0.5, 0.6) is 0 Å². The zero-order chi connectivity index (χ0) is 22.3. The molecule has 2 heterocycles. The zero-order valence-electron chi connectivity index (χ0n) is 19.0. The number of benzene rings is 1. The Balaban J connectivity index is 1.63. The van der Waals surface area contributed by atoms with E-state index < -0.39 is 5.60 Å². The van der Waals surface area contributed by atoms with Crippen molar-refractivity contribution in [2.45, 2.75) is 58.8 Å². The van der Waals surface area contributed by atoms with E-state index >= 15 is 0 Å². The molecule has 1 aromatic heterocycles. The first kappa shape index (κ1) is 22.7. The molecule has 1 aliphatic rings. The van der Waals surface area contributed by atoms with Crippen molar-refractivity contribution in [1.29, 1.82) is 0 Å². The summed E-state index contributed by atoms with van der Waals surface area (Å²) in [5.41, 5.74) is 1.88. The molecule has 0 radical (unpaired) electrons. The first-order valence-electron chi connectivity index (χ1n) is 10.9. The lowest BCUT2D eigenvalue weighted by Gasteiger charge is -2.23. The molecule has 8 nitrogen and oxygen atoms in total. The fourth-order valence-electron chi connectivity index (χ4n) is 3.57. The lowest BCUT2D eigenvalue weighted by Crippen LogP contribution is -2.44. The van der Waals surface area contributed by atoms with Gasteiger partial charge in [0.05, 0.1) is 19.1 Å². The Hall–Kier alpha value is -3.03. The number of hydrogen-bond acceptors (Lipinski definition) is 4. The van der Waals surface area contributed by atoms with Gasteiger partial charge in [-0.1, -0.05) is 24.3 Å². The fraction of sp³-hybridized carbons (Fsp3) is 0.522. The van der Waals surface area contributed by atoms with E-state index in [0.717, 1.165) is 32.0 Å². The van der Waals surface area contributed by atoms with Gasteiger partial charge in [0.1, 0.15) is 5.60 Å². The summed E-state index contributed by atoms with van der Waals surface area (Å²) >= 11 is 0. The number of nitrogens with one attached hydrogen (secondary N) is 2. The minimum atomic E-state index is -0.498. The standard InChI is InChI=1S/C23H34N6O2/c1-5-24-21(28-14-11-20(17-28)27-22(30)31-23(2,3)4)25-15-18-9-6-7-10-19(18)16-29-13-8-12-26-29/h6-10,12-13,20H,5,11,14-17H2,1-4H3,(H,24,25)(H,27,30).